The first-order chi connectivity index (χ1) is 11.4. The van der Waals surface area contributed by atoms with Crippen LogP contribution in [-0.2, 0) is 11.2 Å². The summed E-state index contributed by atoms with van der Waals surface area (Å²) in [6.45, 7) is 8.95. The van der Waals surface area contributed by atoms with E-state index in [1.165, 1.54) is 0 Å². The number of hydrogen-bond donors (Lipinski definition) is 3. The highest BCUT2D eigenvalue weighted by molar-refractivity contribution is 5.69. The molecule has 8 heteroatoms. The lowest BCUT2D eigenvalue weighted by atomic mass is 9.80. The molecule has 0 aromatic carbocycles. The summed E-state index contributed by atoms with van der Waals surface area (Å²) in [6.07, 6.45) is -0.0165. The number of H-pyrrole nitrogens is 1. The number of rotatable bonds is 2. The second-order valence-electron chi connectivity index (χ2n) is 7.76. The van der Waals surface area contributed by atoms with Gasteiger partial charge in [0.25, 0.3) is 5.91 Å². The van der Waals surface area contributed by atoms with E-state index >= 15 is 0 Å². The van der Waals surface area contributed by atoms with Crippen LogP contribution in [0.2, 0.25) is 0 Å². The molecule has 2 atom stereocenters. The van der Waals surface area contributed by atoms with Crippen LogP contribution in [0.1, 0.15) is 45.5 Å². The van der Waals surface area contributed by atoms with Gasteiger partial charge >= 0.3 is 11.8 Å². The molecule has 0 bridgehead atoms. The van der Waals surface area contributed by atoms with E-state index < -0.39 is 29.2 Å². The number of ether oxygens (including phenoxy) is 1. The molecule has 0 saturated carbocycles. The highest BCUT2D eigenvalue weighted by Gasteiger charge is 2.50. The molecule has 2 rings (SSSR count). The van der Waals surface area contributed by atoms with Crippen LogP contribution in [0.5, 0.6) is 0 Å². The number of aromatic amines is 1. The topological polar surface area (TPSA) is 116 Å². The van der Waals surface area contributed by atoms with Crippen molar-refractivity contribution in [1.29, 1.82) is 0 Å². The molecule has 1 fully saturated rings. The molecule has 1 aliphatic heterocycles. The van der Waals surface area contributed by atoms with Gasteiger partial charge in [-0.05, 0) is 46.1 Å². The van der Waals surface area contributed by atoms with E-state index in [0.717, 1.165) is 4.90 Å². The molecule has 3 N–H and O–H groups in total. The smallest absolute Gasteiger partial charge is 0.414 e. The van der Waals surface area contributed by atoms with Crippen molar-refractivity contribution >= 4 is 6.09 Å². The second-order valence-corrected chi connectivity index (χ2v) is 7.76. The summed E-state index contributed by atoms with van der Waals surface area (Å²) in [6, 6.07) is 1.69. The normalized spacial score (nSPS) is 23.4. The standard InChI is InChI=1S/C17H27N3O5/c1-10-6-7-20(15(22)25-16(3,4)5)17(23,24)13(10)9-12-8-11(2)18-14(21)19-12/h8,10,13,23-24H,6-7,9H2,1-5H3,(H,18,19,21). The van der Waals surface area contributed by atoms with E-state index in [0.29, 0.717) is 17.8 Å². The molecule has 1 aromatic heterocycles. The Bertz CT molecular complexity index is 692. The van der Waals surface area contributed by atoms with E-state index in [-0.39, 0.29) is 18.9 Å². The van der Waals surface area contributed by atoms with Gasteiger partial charge in [-0.1, -0.05) is 6.92 Å². The lowest BCUT2D eigenvalue weighted by molar-refractivity contribution is -0.306. The van der Waals surface area contributed by atoms with Gasteiger partial charge < -0.3 is 19.9 Å². The Labute approximate surface area is 146 Å². The van der Waals surface area contributed by atoms with Crippen molar-refractivity contribution in [3.8, 4) is 0 Å². The quantitative estimate of drug-likeness (QED) is 0.687. The summed E-state index contributed by atoms with van der Waals surface area (Å²) in [5.41, 5.74) is -0.124. The van der Waals surface area contributed by atoms with Crippen molar-refractivity contribution in [2.45, 2.75) is 59.0 Å². The molecule has 25 heavy (non-hydrogen) atoms. The number of amides is 1. The van der Waals surface area contributed by atoms with Crippen LogP contribution in [0.25, 0.3) is 0 Å². The fourth-order valence-electron chi connectivity index (χ4n) is 3.14. The van der Waals surface area contributed by atoms with E-state index in [1.807, 2.05) is 6.92 Å². The molecule has 0 radical (unpaired) electrons. The van der Waals surface area contributed by atoms with Gasteiger partial charge in [0.2, 0.25) is 0 Å². The first-order valence-corrected chi connectivity index (χ1v) is 8.42. The van der Waals surface area contributed by atoms with Gasteiger partial charge in [-0.15, -0.1) is 0 Å². The van der Waals surface area contributed by atoms with Crippen LogP contribution in [0.4, 0.5) is 4.79 Å². The number of aryl methyl sites for hydroxylation is 1. The Hall–Kier alpha value is -1.93. The maximum Gasteiger partial charge on any atom is 0.414 e. The first kappa shape index (κ1) is 19.4. The Morgan fingerprint density at radius 1 is 1.48 bits per heavy atom. The van der Waals surface area contributed by atoms with Crippen molar-refractivity contribution in [3.05, 3.63) is 27.9 Å². The van der Waals surface area contributed by atoms with Crippen LogP contribution in [0, 0.1) is 18.8 Å². The second kappa shape index (κ2) is 6.76. The van der Waals surface area contributed by atoms with Crippen molar-refractivity contribution in [2.24, 2.45) is 11.8 Å². The maximum absolute atomic E-state index is 12.4. The predicted octanol–water partition coefficient (Wildman–Crippen LogP) is 1.15. The Morgan fingerprint density at radius 2 is 2.12 bits per heavy atom. The Morgan fingerprint density at radius 3 is 2.68 bits per heavy atom. The zero-order valence-electron chi connectivity index (χ0n) is 15.4. The lowest BCUT2D eigenvalue weighted by Crippen LogP contribution is -2.62. The van der Waals surface area contributed by atoms with Crippen LogP contribution in [-0.4, -0.2) is 49.2 Å². The number of nitrogens with one attached hydrogen (secondary N) is 1. The number of piperidine rings is 1. The molecule has 1 saturated heterocycles. The average molecular weight is 353 g/mol. The van der Waals surface area contributed by atoms with Gasteiger partial charge in [0.05, 0.1) is 0 Å². The van der Waals surface area contributed by atoms with E-state index in [9.17, 15) is 19.8 Å². The molecule has 140 valence electrons. The van der Waals surface area contributed by atoms with Gasteiger partial charge in [0.15, 0.2) is 0 Å². The molecule has 0 aliphatic carbocycles. The summed E-state index contributed by atoms with van der Waals surface area (Å²) >= 11 is 0. The molecular formula is C17H27N3O5. The highest BCUT2D eigenvalue weighted by Crippen LogP contribution is 2.37. The highest BCUT2D eigenvalue weighted by atomic mass is 16.6. The average Bonchev–Trinajstić information content (AvgIpc) is 2.40. The summed E-state index contributed by atoms with van der Waals surface area (Å²) in [5.74, 6) is -3.14. The van der Waals surface area contributed by atoms with E-state index in [2.05, 4.69) is 9.97 Å². The minimum atomic E-state index is -2.38. The number of nitrogens with zero attached hydrogens (tertiary/aromatic N) is 2. The minimum absolute atomic E-state index is 0.0740. The van der Waals surface area contributed by atoms with Gasteiger partial charge in [-0.2, -0.15) is 4.98 Å². The minimum Gasteiger partial charge on any atom is -0.444 e. The molecule has 8 nitrogen and oxygen atoms in total. The Balaban J connectivity index is 2.26. The van der Waals surface area contributed by atoms with Gasteiger partial charge in [0.1, 0.15) is 5.60 Å². The fourth-order valence-corrected chi connectivity index (χ4v) is 3.14. The molecule has 1 aliphatic rings. The molecule has 2 heterocycles. The third kappa shape index (κ3) is 4.58. The van der Waals surface area contributed by atoms with Crippen LogP contribution in [0.3, 0.4) is 0 Å². The van der Waals surface area contributed by atoms with Crippen molar-refractivity contribution in [3.63, 3.8) is 0 Å². The fraction of sp³-hybridized carbons (Fsp3) is 0.706. The maximum atomic E-state index is 12.4. The summed E-state index contributed by atoms with van der Waals surface area (Å²) < 4.78 is 5.28. The number of hydrogen-bond acceptors (Lipinski definition) is 6. The molecule has 0 spiro atoms. The van der Waals surface area contributed by atoms with Crippen LogP contribution < -0.4 is 5.69 Å². The Kier molecular flexibility index (Phi) is 5.24. The summed E-state index contributed by atoms with van der Waals surface area (Å²) in [7, 11) is 0. The molecular weight excluding hydrogens is 326 g/mol. The SMILES string of the molecule is Cc1cc(CC2C(C)CCN(C(=O)OC(C)(C)C)C2(O)O)nc(=O)[nH]1. The lowest BCUT2D eigenvalue weighted by Gasteiger charge is -2.47. The summed E-state index contributed by atoms with van der Waals surface area (Å²) in [5, 5.41) is 21.4. The number of carbonyl (C=O) groups is 1. The first-order valence-electron chi connectivity index (χ1n) is 8.42. The van der Waals surface area contributed by atoms with Crippen LogP contribution >= 0.6 is 0 Å². The van der Waals surface area contributed by atoms with Crippen LogP contribution in [0.15, 0.2) is 10.9 Å². The zero-order chi connectivity index (χ0) is 19.0. The molecule has 1 aromatic rings. The molecule has 1 amide bonds. The number of likely N-dealkylation sites (tertiary alicyclic amines) is 1. The molecule has 2 unspecified atom stereocenters. The monoisotopic (exact) mass is 353 g/mol. The number of aromatic nitrogens is 2. The van der Waals surface area contributed by atoms with Gasteiger partial charge in [0, 0.05) is 30.3 Å². The van der Waals surface area contributed by atoms with Gasteiger partial charge in [-0.25, -0.2) is 9.59 Å². The van der Waals surface area contributed by atoms with Crippen molar-refractivity contribution in [1.82, 2.24) is 14.9 Å². The van der Waals surface area contributed by atoms with Gasteiger partial charge in [-0.3, -0.25) is 4.90 Å². The van der Waals surface area contributed by atoms with E-state index in [1.54, 1.807) is 33.8 Å². The van der Waals surface area contributed by atoms with Crippen molar-refractivity contribution in [2.75, 3.05) is 6.54 Å². The van der Waals surface area contributed by atoms with Crippen molar-refractivity contribution < 1.29 is 19.7 Å². The predicted molar refractivity (Wildman–Crippen MR) is 90.7 cm³/mol. The third-order valence-corrected chi connectivity index (χ3v) is 4.36. The summed E-state index contributed by atoms with van der Waals surface area (Å²) in [4.78, 5) is 31.3. The number of carbonyl (C=O) groups excluding carboxylic acids is 1. The zero-order valence-corrected chi connectivity index (χ0v) is 15.4. The largest absolute Gasteiger partial charge is 0.444 e. The van der Waals surface area contributed by atoms with E-state index in [4.69, 9.17) is 4.74 Å². The number of aliphatic hydroxyl groups is 2. The third-order valence-electron chi connectivity index (χ3n) is 4.36.